The van der Waals surface area contributed by atoms with Gasteiger partial charge >= 0.3 is 0 Å². The first-order valence-electron chi connectivity index (χ1n) is 7.61. The van der Waals surface area contributed by atoms with Gasteiger partial charge in [0.25, 0.3) is 0 Å². The zero-order valence-corrected chi connectivity index (χ0v) is 15.2. The van der Waals surface area contributed by atoms with E-state index in [0.29, 0.717) is 12.0 Å². The molecule has 116 valence electrons. The summed E-state index contributed by atoms with van der Waals surface area (Å²) in [5.74, 6) is 0.479. The lowest BCUT2D eigenvalue weighted by Gasteiger charge is -2.35. The summed E-state index contributed by atoms with van der Waals surface area (Å²) in [5, 5.41) is 4.57. The topological polar surface area (TPSA) is 28.2 Å². The number of hydrogen-bond acceptors (Lipinski definition) is 4. The van der Waals surface area contributed by atoms with Crippen LogP contribution in [-0.4, -0.2) is 24.6 Å². The van der Waals surface area contributed by atoms with Crippen molar-refractivity contribution < 1.29 is 0 Å². The molecule has 3 nitrogen and oxygen atoms in total. The lowest BCUT2D eigenvalue weighted by Crippen LogP contribution is -2.39. The molecule has 20 heavy (non-hydrogen) atoms. The van der Waals surface area contributed by atoms with E-state index in [-0.39, 0.29) is 5.41 Å². The quantitative estimate of drug-likeness (QED) is 0.851. The van der Waals surface area contributed by atoms with Gasteiger partial charge < -0.3 is 10.2 Å². The normalized spacial score (nSPS) is 13.8. The van der Waals surface area contributed by atoms with Gasteiger partial charge in [0.2, 0.25) is 0 Å². The summed E-state index contributed by atoms with van der Waals surface area (Å²) in [5.41, 5.74) is 1.50. The molecule has 4 heteroatoms. The molecule has 0 aliphatic heterocycles. The van der Waals surface area contributed by atoms with Crippen LogP contribution in [0.15, 0.2) is 0 Å². The Balaban J connectivity index is 3.01. The third kappa shape index (κ3) is 4.19. The van der Waals surface area contributed by atoms with Crippen LogP contribution in [0.4, 0.5) is 5.13 Å². The van der Waals surface area contributed by atoms with Crippen LogP contribution in [0.1, 0.15) is 65.0 Å². The minimum absolute atomic E-state index is 0.250. The number of nitrogens with one attached hydrogen (secondary N) is 1. The Labute approximate surface area is 128 Å². The molecule has 0 aliphatic carbocycles. The molecule has 1 N–H and O–H groups in total. The van der Waals surface area contributed by atoms with E-state index >= 15 is 0 Å². The van der Waals surface area contributed by atoms with Gasteiger partial charge in [-0.3, -0.25) is 0 Å². The third-order valence-electron chi connectivity index (χ3n) is 3.93. The largest absolute Gasteiger partial charge is 0.348 e. The number of rotatable bonds is 6. The summed E-state index contributed by atoms with van der Waals surface area (Å²) in [6.07, 6.45) is 0. The summed E-state index contributed by atoms with van der Waals surface area (Å²) >= 11 is 1.83. The van der Waals surface area contributed by atoms with Gasteiger partial charge in [-0.15, -0.1) is 11.3 Å². The SMILES string of the molecule is CCNCc1sc(N(C)C(C)C(C)(C)C)nc1C(C)C. The molecule has 0 aromatic carbocycles. The van der Waals surface area contributed by atoms with Crippen LogP contribution < -0.4 is 10.2 Å². The predicted octanol–water partition coefficient (Wildman–Crippen LogP) is 4.25. The first-order valence-corrected chi connectivity index (χ1v) is 8.43. The number of hydrogen-bond donors (Lipinski definition) is 1. The molecule has 1 aromatic heterocycles. The van der Waals surface area contributed by atoms with Crippen molar-refractivity contribution in [1.29, 1.82) is 0 Å². The maximum absolute atomic E-state index is 4.90. The summed E-state index contributed by atoms with van der Waals surface area (Å²) in [4.78, 5) is 8.61. The molecule has 0 fully saturated rings. The molecule has 0 amide bonds. The van der Waals surface area contributed by atoms with Crippen LogP contribution in [0.25, 0.3) is 0 Å². The molecule has 0 saturated heterocycles. The van der Waals surface area contributed by atoms with E-state index in [9.17, 15) is 0 Å². The lowest BCUT2D eigenvalue weighted by molar-refractivity contribution is 0.329. The van der Waals surface area contributed by atoms with E-state index in [1.807, 2.05) is 11.3 Å². The lowest BCUT2D eigenvalue weighted by atomic mass is 9.87. The Bertz CT molecular complexity index is 418. The molecule has 1 rings (SSSR count). The minimum atomic E-state index is 0.250. The molecule has 1 unspecified atom stereocenters. The fourth-order valence-corrected chi connectivity index (χ4v) is 3.29. The standard InChI is InChI=1S/C16H31N3S/c1-9-17-10-13-14(11(2)3)18-15(20-13)19(8)12(4)16(5,6)7/h11-12,17H,9-10H2,1-8H3. The van der Waals surface area contributed by atoms with Gasteiger partial charge in [-0.1, -0.05) is 41.5 Å². The van der Waals surface area contributed by atoms with Crippen LogP contribution >= 0.6 is 11.3 Å². The Morgan fingerprint density at radius 2 is 1.85 bits per heavy atom. The first-order chi connectivity index (χ1) is 9.18. The molecular formula is C16H31N3S. The molecular weight excluding hydrogens is 266 g/mol. The van der Waals surface area contributed by atoms with E-state index < -0.39 is 0 Å². The van der Waals surface area contributed by atoms with E-state index in [4.69, 9.17) is 4.98 Å². The van der Waals surface area contributed by atoms with Gasteiger partial charge in [-0.2, -0.15) is 0 Å². The second-order valence-electron chi connectivity index (χ2n) is 6.89. The average Bonchev–Trinajstić information content (AvgIpc) is 2.77. The third-order valence-corrected chi connectivity index (χ3v) is 5.10. The van der Waals surface area contributed by atoms with Gasteiger partial charge in [0.15, 0.2) is 5.13 Å². The minimum Gasteiger partial charge on any atom is -0.348 e. The first kappa shape index (κ1) is 17.4. The van der Waals surface area contributed by atoms with Gasteiger partial charge in [0, 0.05) is 24.5 Å². The highest BCUT2D eigenvalue weighted by Gasteiger charge is 2.26. The van der Waals surface area contributed by atoms with E-state index in [1.54, 1.807) is 0 Å². The number of anilines is 1. The highest BCUT2D eigenvalue weighted by atomic mass is 32.1. The Morgan fingerprint density at radius 1 is 1.25 bits per heavy atom. The van der Waals surface area contributed by atoms with Crippen LogP contribution in [0.2, 0.25) is 0 Å². The van der Waals surface area contributed by atoms with Gasteiger partial charge in [-0.25, -0.2) is 4.98 Å². The molecule has 1 atom stereocenters. The molecule has 0 bridgehead atoms. The molecule has 0 saturated carbocycles. The van der Waals surface area contributed by atoms with Crippen molar-refractivity contribution in [1.82, 2.24) is 10.3 Å². The molecule has 0 spiro atoms. The van der Waals surface area contributed by atoms with Crippen molar-refractivity contribution in [3.05, 3.63) is 10.6 Å². The molecule has 0 radical (unpaired) electrons. The van der Waals surface area contributed by atoms with Crippen LogP contribution in [0.5, 0.6) is 0 Å². The van der Waals surface area contributed by atoms with Gasteiger partial charge in [-0.05, 0) is 24.8 Å². The molecule has 0 aliphatic rings. The summed E-state index contributed by atoms with van der Waals surface area (Å²) < 4.78 is 0. The fraction of sp³-hybridized carbons (Fsp3) is 0.812. The highest BCUT2D eigenvalue weighted by molar-refractivity contribution is 7.15. The number of thiazole rings is 1. The summed E-state index contributed by atoms with van der Waals surface area (Å²) in [6, 6.07) is 0.459. The fourth-order valence-electron chi connectivity index (χ4n) is 2.06. The smallest absolute Gasteiger partial charge is 0.185 e. The van der Waals surface area contributed by atoms with Crippen molar-refractivity contribution in [3.8, 4) is 0 Å². The van der Waals surface area contributed by atoms with Gasteiger partial charge in [0.05, 0.1) is 5.69 Å². The number of nitrogens with zero attached hydrogens (tertiary/aromatic N) is 2. The van der Waals surface area contributed by atoms with E-state index in [1.165, 1.54) is 10.6 Å². The maximum Gasteiger partial charge on any atom is 0.185 e. The van der Waals surface area contributed by atoms with Crippen LogP contribution in [0.3, 0.4) is 0 Å². The summed E-state index contributed by atoms with van der Waals surface area (Å²) in [6.45, 7) is 17.6. The van der Waals surface area contributed by atoms with Crippen molar-refractivity contribution in [2.45, 2.75) is 67.0 Å². The maximum atomic E-state index is 4.90. The van der Waals surface area contributed by atoms with E-state index in [2.05, 4.69) is 65.7 Å². The highest BCUT2D eigenvalue weighted by Crippen LogP contribution is 2.34. The Hall–Kier alpha value is -0.610. The Kier molecular flexibility index (Phi) is 6.02. The Morgan fingerprint density at radius 3 is 2.30 bits per heavy atom. The predicted molar refractivity (Wildman–Crippen MR) is 90.9 cm³/mol. The van der Waals surface area contributed by atoms with Crippen LogP contribution in [-0.2, 0) is 6.54 Å². The van der Waals surface area contributed by atoms with Crippen molar-refractivity contribution in [3.63, 3.8) is 0 Å². The van der Waals surface area contributed by atoms with Gasteiger partial charge in [0.1, 0.15) is 0 Å². The van der Waals surface area contributed by atoms with Crippen molar-refractivity contribution in [2.24, 2.45) is 5.41 Å². The zero-order valence-electron chi connectivity index (χ0n) is 14.4. The van der Waals surface area contributed by atoms with E-state index in [0.717, 1.165) is 18.2 Å². The molecule has 1 aromatic rings. The van der Waals surface area contributed by atoms with Crippen molar-refractivity contribution in [2.75, 3.05) is 18.5 Å². The zero-order chi connectivity index (χ0) is 15.5. The number of aromatic nitrogens is 1. The average molecular weight is 298 g/mol. The molecule has 1 heterocycles. The second kappa shape index (κ2) is 6.90. The van der Waals surface area contributed by atoms with Crippen molar-refractivity contribution >= 4 is 16.5 Å². The monoisotopic (exact) mass is 297 g/mol. The summed E-state index contributed by atoms with van der Waals surface area (Å²) in [7, 11) is 2.16. The van der Waals surface area contributed by atoms with Crippen LogP contribution in [0, 0.1) is 5.41 Å². The second-order valence-corrected chi connectivity index (χ2v) is 7.95.